The molecule has 1 radical (unpaired) electrons. The first-order valence-corrected chi connectivity index (χ1v) is 6.42. The highest BCUT2D eigenvalue weighted by molar-refractivity contribution is 4.70. The minimum atomic E-state index is -1.67. The standard InChI is InChI=1S/C12H26NO4/c1-5-9-16-11(14,7-3)13-12(15,8-4)17-10-6-2/h14-15H,5-10H2,1-4H3. The average Bonchev–Trinajstić information content (AvgIpc) is 2.34. The average molecular weight is 248 g/mol. The molecule has 0 aromatic heterocycles. The van der Waals surface area contributed by atoms with Crippen molar-refractivity contribution in [2.24, 2.45) is 0 Å². The summed E-state index contributed by atoms with van der Waals surface area (Å²) in [6.07, 6.45) is 2.09. The minimum Gasteiger partial charge on any atom is -0.352 e. The molecule has 0 aliphatic rings. The topological polar surface area (TPSA) is 73.0 Å². The molecule has 103 valence electrons. The van der Waals surface area contributed by atoms with Crippen molar-refractivity contribution in [3.8, 4) is 0 Å². The van der Waals surface area contributed by atoms with Gasteiger partial charge in [0.2, 0.25) is 11.8 Å². The van der Waals surface area contributed by atoms with Gasteiger partial charge < -0.3 is 19.7 Å². The van der Waals surface area contributed by atoms with E-state index in [4.69, 9.17) is 9.47 Å². The Morgan fingerprint density at radius 3 is 1.41 bits per heavy atom. The van der Waals surface area contributed by atoms with Crippen molar-refractivity contribution in [3.63, 3.8) is 0 Å². The predicted octanol–water partition coefficient (Wildman–Crippen LogP) is 1.56. The minimum absolute atomic E-state index is 0.269. The molecule has 5 heteroatoms. The fourth-order valence-electron chi connectivity index (χ4n) is 1.23. The summed E-state index contributed by atoms with van der Waals surface area (Å²) >= 11 is 0. The van der Waals surface area contributed by atoms with Crippen LogP contribution in [0, 0.1) is 0 Å². The zero-order valence-corrected chi connectivity index (χ0v) is 11.4. The van der Waals surface area contributed by atoms with Crippen LogP contribution in [0.4, 0.5) is 0 Å². The normalized spacial score (nSPS) is 18.7. The number of hydrogen-bond acceptors (Lipinski definition) is 4. The molecular formula is C12H26NO4. The molecule has 0 rings (SSSR count). The second-order valence-corrected chi connectivity index (χ2v) is 4.00. The molecule has 0 fully saturated rings. The Kier molecular flexibility index (Phi) is 7.91. The first kappa shape index (κ1) is 16.8. The van der Waals surface area contributed by atoms with Crippen molar-refractivity contribution < 1.29 is 19.7 Å². The summed E-state index contributed by atoms with van der Waals surface area (Å²) in [7, 11) is 0. The third-order valence-corrected chi connectivity index (χ3v) is 2.35. The highest BCUT2D eigenvalue weighted by Crippen LogP contribution is 2.20. The van der Waals surface area contributed by atoms with Crippen LogP contribution in [-0.4, -0.2) is 35.2 Å². The van der Waals surface area contributed by atoms with E-state index in [2.05, 4.69) is 5.32 Å². The molecule has 0 bridgehead atoms. The lowest BCUT2D eigenvalue weighted by molar-refractivity contribution is -0.322. The Labute approximate surface area is 104 Å². The number of aliphatic hydroxyl groups is 2. The quantitative estimate of drug-likeness (QED) is 0.575. The van der Waals surface area contributed by atoms with Gasteiger partial charge in [-0.3, -0.25) is 0 Å². The van der Waals surface area contributed by atoms with E-state index in [-0.39, 0.29) is 12.8 Å². The Hall–Kier alpha value is -0.200. The molecule has 0 spiro atoms. The lowest BCUT2D eigenvalue weighted by Crippen LogP contribution is -2.55. The monoisotopic (exact) mass is 248 g/mol. The van der Waals surface area contributed by atoms with Gasteiger partial charge >= 0.3 is 0 Å². The van der Waals surface area contributed by atoms with E-state index in [0.717, 1.165) is 12.8 Å². The summed E-state index contributed by atoms with van der Waals surface area (Å²) in [5, 5.41) is 24.1. The maximum Gasteiger partial charge on any atom is 0.245 e. The Morgan fingerprint density at radius 1 is 0.824 bits per heavy atom. The van der Waals surface area contributed by atoms with Crippen LogP contribution in [0.15, 0.2) is 0 Å². The maximum atomic E-state index is 10.1. The Balaban J connectivity index is 4.47. The lowest BCUT2D eigenvalue weighted by Gasteiger charge is -2.35. The van der Waals surface area contributed by atoms with E-state index in [0.29, 0.717) is 13.2 Å². The van der Waals surface area contributed by atoms with Crippen molar-refractivity contribution in [2.75, 3.05) is 13.2 Å². The van der Waals surface area contributed by atoms with E-state index in [9.17, 15) is 10.2 Å². The third kappa shape index (κ3) is 6.33. The molecular weight excluding hydrogens is 222 g/mol. The molecule has 0 saturated carbocycles. The van der Waals surface area contributed by atoms with Crippen LogP contribution in [0.2, 0.25) is 0 Å². The van der Waals surface area contributed by atoms with E-state index < -0.39 is 11.8 Å². The van der Waals surface area contributed by atoms with E-state index in [1.807, 2.05) is 13.8 Å². The maximum absolute atomic E-state index is 10.1. The van der Waals surface area contributed by atoms with Crippen molar-refractivity contribution in [1.82, 2.24) is 5.32 Å². The van der Waals surface area contributed by atoms with Crippen LogP contribution in [0.25, 0.3) is 0 Å². The van der Waals surface area contributed by atoms with Crippen LogP contribution in [0.1, 0.15) is 53.4 Å². The number of nitrogens with zero attached hydrogens (tertiary/aromatic N) is 1. The van der Waals surface area contributed by atoms with Crippen LogP contribution in [0.3, 0.4) is 0 Å². The second-order valence-electron chi connectivity index (χ2n) is 4.00. The molecule has 2 unspecified atom stereocenters. The van der Waals surface area contributed by atoms with Crippen LogP contribution in [0.5, 0.6) is 0 Å². The van der Waals surface area contributed by atoms with Gasteiger partial charge in [-0.15, -0.1) is 5.32 Å². The van der Waals surface area contributed by atoms with Crippen LogP contribution < -0.4 is 5.32 Å². The molecule has 0 aliphatic heterocycles. The van der Waals surface area contributed by atoms with Gasteiger partial charge in [-0.05, 0) is 12.8 Å². The van der Waals surface area contributed by atoms with Gasteiger partial charge in [0.1, 0.15) is 0 Å². The molecule has 2 atom stereocenters. The van der Waals surface area contributed by atoms with Gasteiger partial charge in [-0.2, -0.15) is 0 Å². The summed E-state index contributed by atoms with van der Waals surface area (Å²) < 4.78 is 10.5. The largest absolute Gasteiger partial charge is 0.352 e. The zero-order chi connectivity index (χ0) is 13.4. The third-order valence-electron chi connectivity index (χ3n) is 2.35. The molecule has 0 saturated heterocycles. The molecule has 17 heavy (non-hydrogen) atoms. The zero-order valence-electron chi connectivity index (χ0n) is 11.4. The summed E-state index contributed by atoms with van der Waals surface area (Å²) in [4.78, 5) is 0. The van der Waals surface area contributed by atoms with E-state index >= 15 is 0 Å². The summed E-state index contributed by atoms with van der Waals surface area (Å²) in [6, 6.07) is 0. The van der Waals surface area contributed by atoms with Gasteiger partial charge in [0.15, 0.2) is 0 Å². The van der Waals surface area contributed by atoms with Crippen molar-refractivity contribution in [1.29, 1.82) is 0 Å². The fourth-order valence-corrected chi connectivity index (χ4v) is 1.23. The highest BCUT2D eigenvalue weighted by Gasteiger charge is 2.39. The SMILES string of the molecule is CCCOC(O)(CC)[N]C(O)(CC)OCCC. The highest BCUT2D eigenvalue weighted by atomic mass is 16.7. The molecule has 5 nitrogen and oxygen atoms in total. The van der Waals surface area contributed by atoms with Crippen molar-refractivity contribution >= 4 is 0 Å². The summed E-state index contributed by atoms with van der Waals surface area (Å²) in [6.45, 7) is 8.15. The smallest absolute Gasteiger partial charge is 0.245 e. The summed E-state index contributed by atoms with van der Waals surface area (Å²) in [5.41, 5.74) is 0. The van der Waals surface area contributed by atoms with E-state index in [1.165, 1.54) is 0 Å². The molecule has 0 aromatic carbocycles. The van der Waals surface area contributed by atoms with Gasteiger partial charge in [0.25, 0.3) is 0 Å². The second kappa shape index (κ2) is 8.00. The number of ether oxygens (including phenoxy) is 2. The van der Waals surface area contributed by atoms with Gasteiger partial charge in [0.05, 0.1) is 13.2 Å². The first-order valence-electron chi connectivity index (χ1n) is 6.42. The fraction of sp³-hybridized carbons (Fsp3) is 1.00. The molecule has 0 amide bonds. The molecule has 0 aromatic rings. The van der Waals surface area contributed by atoms with Gasteiger partial charge in [-0.25, -0.2) is 0 Å². The Morgan fingerprint density at radius 2 is 1.18 bits per heavy atom. The molecule has 0 heterocycles. The van der Waals surface area contributed by atoms with Gasteiger partial charge in [0, 0.05) is 12.8 Å². The first-order chi connectivity index (χ1) is 7.95. The van der Waals surface area contributed by atoms with Crippen LogP contribution in [-0.2, 0) is 9.47 Å². The number of hydrogen-bond donors (Lipinski definition) is 2. The van der Waals surface area contributed by atoms with E-state index in [1.54, 1.807) is 13.8 Å². The Bertz CT molecular complexity index is 183. The van der Waals surface area contributed by atoms with Crippen LogP contribution >= 0.6 is 0 Å². The van der Waals surface area contributed by atoms with Crippen molar-refractivity contribution in [3.05, 3.63) is 0 Å². The molecule has 2 N–H and O–H groups in total. The summed E-state index contributed by atoms with van der Waals surface area (Å²) in [5.74, 6) is -3.34. The predicted molar refractivity (Wildman–Crippen MR) is 65.1 cm³/mol. The lowest BCUT2D eigenvalue weighted by atomic mass is 10.3. The molecule has 0 aliphatic carbocycles. The number of rotatable bonds is 10. The van der Waals surface area contributed by atoms with Crippen molar-refractivity contribution in [2.45, 2.75) is 65.2 Å². The van der Waals surface area contributed by atoms with Gasteiger partial charge in [-0.1, -0.05) is 27.7 Å².